The number of aromatic nitrogens is 1. The Morgan fingerprint density at radius 1 is 1.77 bits per heavy atom. The van der Waals surface area contributed by atoms with Gasteiger partial charge in [0.25, 0.3) is 0 Å². The molecule has 2 N–H and O–H groups in total. The fourth-order valence-corrected chi connectivity index (χ4v) is 3.01. The molecule has 2 atom stereocenters. The third-order valence-electron chi connectivity index (χ3n) is 2.88. The van der Waals surface area contributed by atoms with Gasteiger partial charge in [-0.1, -0.05) is 6.92 Å². The fraction of sp³-hybridized carbons (Fsp3) is 0.700. The first-order valence-corrected chi connectivity index (χ1v) is 5.73. The predicted molar refractivity (Wildman–Crippen MR) is 55.8 cm³/mol. The summed E-state index contributed by atoms with van der Waals surface area (Å²) < 4.78 is 0. The Labute approximate surface area is 83.2 Å². The van der Waals surface area contributed by atoms with Crippen LogP contribution < -0.4 is 5.73 Å². The van der Waals surface area contributed by atoms with Gasteiger partial charge in [-0.05, 0) is 25.2 Å². The van der Waals surface area contributed by atoms with Crippen molar-refractivity contribution < 1.29 is 0 Å². The molecule has 2 unspecified atom stereocenters. The zero-order chi connectivity index (χ0) is 9.31. The van der Waals surface area contributed by atoms with E-state index in [1.165, 1.54) is 11.4 Å². The molecule has 0 bridgehead atoms. The molecule has 1 aromatic heterocycles. The molecule has 2 rings (SSSR count). The summed E-state index contributed by atoms with van der Waals surface area (Å²) in [7, 11) is 0. The molecule has 0 saturated heterocycles. The van der Waals surface area contributed by atoms with Gasteiger partial charge in [0.15, 0.2) is 0 Å². The summed E-state index contributed by atoms with van der Waals surface area (Å²) in [6.45, 7) is 2.29. The Kier molecular flexibility index (Phi) is 2.39. The Morgan fingerprint density at radius 3 is 3.15 bits per heavy atom. The van der Waals surface area contributed by atoms with E-state index in [0.29, 0.717) is 0 Å². The van der Waals surface area contributed by atoms with E-state index in [1.807, 2.05) is 11.6 Å². The molecule has 1 heterocycles. The van der Waals surface area contributed by atoms with E-state index in [9.17, 15) is 0 Å². The maximum Gasteiger partial charge on any atom is 0.0943 e. The zero-order valence-electron chi connectivity index (χ0n) is 7.99. The minimum Gasteiger partial charge on any atom is -0.325 e. The molecular formula is C10H16N2S. The van der Waals surface area contributed by atoms with Gasteiger partial charge in [-0.25, -0.2) is 4.98 Å². The average molecular weight is 196 g/mol. The van der Waals surface area contributed by atoms with Crippen molar-refractivity contribution in [3.8, 4) is 0 Å². The molecule has 3 heteroatoms. The standard InChI is InChI=1S/C10H16N2S/c1-8-2-3-10(11,6-8)7-9-12-4-5-13-9/h4-5,8H,2-3,6-7,11H2,1H3. The van der Waals surface area contributed by atoms with Crippen LogP contribution in [0, 0.1) is 5.92 Å². The van der Waals surface area contributed by atoms with Crippen LogP contribution in [0.1, 0.15) is 31.2 Å². The van der Waals surface area contributed by atoms with E-state index in [1.54, 1.807) is 11.3 Å². The molecule has 1 saturated carbocycles. The van der Waals surface area contributed by atoms with E-state index in [-0.39, 0.29) is 5.54 Å². The first kappa shape index (κ1) is 9.16. The van der Waals surface area contributed by atoms with Crippen molar-refractivity contribution >= 4 is 11.3 Å². The highest BCUT2D eigenvalue weighted by atomic mass is 32.1. The number of nitrogens with zero attached hydrogens (tertiary/aromatic N) is 1. The summed E-state index contributed by atoms with van der Waals surface area (Å²) in [5, 5.41) is 3.22. The van der Waals surface area contributed by atoms with Gasteiger partial charge in [-0.3, -0.25) is 0 Å². The van der Waals surface area contributed by atoms with E-state index in [4.69, 9.17) is 5.73 Å². The van der Waals surface area contributed by atoms with Crippen LogP contribution in [0.3, 0.4) is 0 Å². The number of thiazole rings is 1. The lowest BCUT2D eigenvalue weighted by Crippen LogP contribution is -2.39. The second kappa shape index (κ2) is 3.39. The second-order valence-corrected chi connectivity index (χ2v) is 5.29. The van der Waals surface area contributed by atoms with Crippen LogP contribution in [0.2, 0.25) is 0 Å². The molecule has 13 heavy (non-hydrogen) atoms. The van der Waals surface area contributed by atoms with Crippen LogP contribution in [0.25, 0.3) is 0 Å². The Balaban J connectivity index is 2.01. The van der Waals surface area contributed by atoms with Crippen LogP contribution in [0.5, 0.6) is 0 Å². The molecule has 0 aromatic carbocycles. The van der Waals surface area contributed by atoms with E-state index >= 15 is 0 Å². The van der Waals surface area contributed by atoms with Crippen molar-refractivity contribution in [3.05, 3.63) is 16.6 Å². The molecule has 0 spiro atoms. The number of nitrogens with two attached hydrogens (primary N) is 1. The summed E-state index contributed by atoms with van der Waals surface area (Å²) in [5.41, 5.74) is 6.35. The number of rotatable bonds is 2. The molecule has 0 amide bonds. The molecule has 72 valence electrons. The maximum absolute atomic E-state index is 6.31. The van der Waals surface area contributed by atoms with Crippen LogP contribution in [-0.2, 0) is 6.42 Å². The molecule has 0 aliphatic heterocycles. The summed E-state index contributed by atoms with van der Waals surface area (Å²) in [6, 6.07) is 0. The lowest BCUT2D eigenvalue weighted by atomic mass is 9.94. The van der Waals surface area contributed by atoms with Crippen LogP contribution in [0.15, 0.2) is 11.6 Å². The SMILES string of the molecule is CC1CCC(N)(Cc2nccs2)C1. The largest absolute Gasteiger partial charge is 0.325 e. The molecule has 1 aliphatic rings. The van der Waals surface area contributed by atoms with Crippen molar-refractivity contribution in [1.29, 1.82) is 0 Å². The molecule has 2 nitrogen and oxygen atoms in total. The topological polar surface area (TPSA) is 38.9 Å². The van der Waals surface area contributed by atoms with Gasteiger partial charge in [-0.15, -0.1) is 11.3 Å². The summed E-state index contributed by atoms with van der Waals surface area (Å²) in [5.74, 6) is 0.796. The Bertz CT molecular complexity index is 270. The van der Waals surface area contributed by atoms with Crippen LogP contribution in [-0.4, -0.2) is 10.5 Å². The smallest absolute Gasteiger partial charge is 0.0943 e. The highest BCUT2D eigenvalue weighted by Gasteiger charge is 2.34. The number of hydrogen-bond donors (Lipinski definition) is 1. The minimum absolute atomic E-state index is 0.0390. The molecule has 1 fully saturated rings. The van der Waals surface area contributed by atoms with Crippen molar-refractivity contribution in [1.82, 2.24) is 4.98 Å². The van der Waals surface area contributed by atoms with Crippen LogP contribution >= 0.6 is 11.3 Å². The summed E-state index contributed by atoms with van der Waals surface area (Å²) in [6.07, 6.45) is 6.43. The lowest BCUT2D eigenvalue weighted by Gasteiger charge is -2.22. The normalized spacial score (nSPS) is 33.8. The van der Waals surface area contributed by atoms with Crippen molar-refractivity contribution in [2.45, 2.75) is 38.1 Å². The average Bonchev–Trinajstić information content (AvgIpc) is 2.62. The molecule has 0 radical (unpaired) electrons. The minimum atomic E-state index is 0.0390. The third kappa shape index (κ3) is 2.09. The van der Waals surface area contributed by atoms with Crippen molar-refractivity contribution in [3.63, 3.8) is 0 Å². The van der Waals surface area contributed by atoms with Gasteiger partial charge in [0, 0.05) is 23.5 Å². The zero-order valence-corrected chi connectivity index (χ0v) is 8.81. The van der Waals surface area contributed by atoms with Gasteiger partial charge in [-0.2, -0.15) is 0 Å². The summed E-state index contributed by atoms with van der Waals surface area (Å²) in [4.78, 5) is 4.29. The monoisotopic (exact) mass is 196 g/mol. The highest BCUT2D eigenvalue weighted by Crippen LogP contribution is 2.34. The van der Waals surface area contributed by atoms with Crippen molar-refractivity contribution in [2.24, 2.45) is 11.7 Å². The van der Waals surface area contributed by atoms with Crippen LogP contribution in [0.4, 0.5) is 0 Å². The predicted octanol–water partition coefficient (Wildman–Crippen LogP) is 2.20. The molecule has 1 aromatic rings. The van der Waals surface area contributed by atoms with E-state index in [2.05, 4.69) is 11.9 Å². The maximum atomic E-state index is 6.31. The molecular weight excluding hydrogens is 180 g/mol. The quantitative estimate of drug-likeness (QED) is 0.787. The lowest BCUT2D eigenvalue weighted by molar-refractivity contribution is 0.418. The molecule has 1 aliphatic carbocycles. The Morgan fingerprint density at radius 2 is 2.62 bits per heavy atom. The van der Waals surface area contributed by atoms with Gasteiger partial charge in [0.1, 0.15) is 0 Å². The van der Waals surface area contributed by atoms with Gasteiger partial charge in [0.2, 0.25) is 0 Å². The fourth-order valence-electron chi connectivity index (χ4n) is 2.23. The van der Waals surface area contributed by atoms with Gasteiger partial charge in [0.05, 0.1) is 5.01 Å². The Hall–Kier alpha value is -0.410. The first-order valence-electron chi connectivity index (χ1n) is 4.85. The van der Waals surface area contributed by atoms with Gasteiger partial charge < -0.3 is 5.73 Å². The number of hydrogen-bond acceptors (Lipinski definition) is 3. The third-order valence-corrected chi connectivity index (χ3v) is 3.66. The van der Waals surface area contributed by atoms with E-state index in [0.717, 1.165) is 25.2 Å². The van der Waals surface area contributed by atoms with Gasteiger partial charge >= 0.3 is 0 Å². The second-order valence-electron chi connectivity index (χ2n) is 4.31. The van der Waals surface area contributed by atoms with E-state index < -0.39 is 0 Å². The highest BCUT2D eigenvalue weighted by molar-refractivity contribution is 7.09. The first-order chi connectivity index (χ1) is 6.18. The van der Waals surface area contributed by atoms with Crippen molar-refractivity contribution in [2.75, 3.05) is 0 Å². The summed E-state index contributed by atoms with van der Waals surface area (Å²) >= 11 is 1.72.